The number of benzene rings is 1. The van der Waals surface area contributed by atoms with E-state index in [1.54, 1.807) is 18.3 Å². The van der Waals surface area contributed by atoms with Gasteiger partial charge in [-0.15, -0.1) is 0 Å². The van der Waals surface area contributed by atoms with Crippen molar-refractivity contribution in [1.29, 1.82) is 0 Å². The molecule has 1 aliphatic rings. The molecule has 1 N–H and O–H groups in total. The van der Waals surface area contributed by atoms with Crippen molar-refractivity contribution in [2.24, 2.45) is 0 Å². The summed E-state index contributed by atoms with van der Waals surface area (Å²) in [6, 6.07) is 7.75. The predicted molar refractivity (Wildman–Crippen MR) is 95.2 cm³/mol. The van der Waals surface area contributed by atoms with Crippen LogP contribution < -0.4 is 5.32 Å². The highest BCUT2D eigenvalue weighted by Gasteiger charge is 2.24. The maximum absolute atomic E-state index is 12.5. The molecule has 0 saturated carbocycles. The van der Waals surface area contributed by atoms with Gasteiger partial charge in [-0.05, 0) is 37.9 Å². The second-order valence-electron chi connectivity index (χ2n) is 6.15. The number of nitrogens with one attached hydrogen (secondary N) is 1. The summed E-state index contributed by atoms with van der Waals surface area (Å²) in [6.45, 7) is 3.53. The second-order valence-corrected chi connectivity index (χ2v) is 6.56. The molecule has 128 valence electrons. The molecule has 5 nitrogen and oxygen atoms in total. The van der Waals surface area contributed by atoms with Crippen molar-refractivity contribution in [2.75, 3.05) is 19.6 Å². The number of aryl methyl sites for hydroxylation is 1. The third-order valence-corrected chi connectivity index (χ3v) is 4.80. The summed E-state index contributed by atoms with van der Waals surface area (Å²) in [7, 11) is 0. The topological polar surface area (TPSA) is 50.2 Å². The number of hydrogen-bond acceptors (Lipinski definition) is 3. The number of nitrogens with zero attached hydrogens (tertiary/aromatic N) is 3. The fraction of sp³-hybridized carbons (Fsp3) is 0.444. The summed E-state index contributed by atoms with van der Waals surface area (Å²) in [5.41, 5.74) is 0.603. The monoisotopic (exact) mass is 346 g/mol. The Hall–Kier alpha value is -1.85. The van der Waals surface area contributed by atoms with Crippen molar-refractivity contribution >= 4 is 17.5 Å². The number of carbonyl (C=O) groups is 1. The molecule has 0 bridgehead atoms. The lowest BCUT2D eigenvalue weighted by Gasteiger charge is -2.32. The minimum atomic E-state index is 0.0409. The third kappa shape index (κ3) is 4.36. The van der Waals surface area contributed by atoms with Crippen LogP contribution in [0.4, 0.5) is 0 Å². The van der Waals surface area contributed by atoms with E-state index in [0.29, 0.717) is 16.6 Å². The summed E-state index contributed by atoms with van der Waals surface area (Å²) < 4.78 is 2.09. The van der Waals surface area contributed by atoms with E-state index in [-0.39, 0.29) is 5.91 Å². The third-order valence-electron chi connectivity index (χ3n) is 4.47. The van der Waals surface area contributed by atoms with Gasteiger partial charge in [-0.2, -0.15) is 0 Å². The Kier molecular flexibility index (Phi) is 5.88. The normalized spacial score (nSPS) is 15.6. The molecule has 6 heteroatoms. The molecular weight excluding hydrogens is 324 g/mol. The molecule has 1 aliphatic heterocycles. The van der Waals surface area contributed by atoms with Crippen LogP contribution in [-0.4, -0.2) is 46.0 Å². The first-order valence-corrected chi connectivity index (χ1v) is 8.85. The van der Waals surface area contributed by atoms with Crippen LogP contribution >= 0.6 is 11.6 Å². The Morgan fingerprint density at radius 3 is 2.79 bits per heavy atom. The molecule has 1 saturated heterocycles. The molecular formula is C18H23ClN4O. The highest BCUT2D eigenvalue weighted by Crippen LogP contribution is 2.19. The zero-order chi connectivity index (χ0) is 16.8. The molecule has 0 unspecified atom stereocenters. The number of hydrogen-bond donors (Lipinski definition) is 1. The molecule has 1 aromatic heterocycles. The minimum Gasteiger partial charge on any atom is -0.338 e. The molecule has 0 aliphatic carbocycles. The first-order valence-electron chi connectivity index (χ1n) is 8.47. The lowest BCUT2D eigenvalue weighted by Crippen LogP contribution is -2.45. The minimum absolute atomic E-state index is 0.0409. The van der Waals surface area contributed by atoms with Crippen LogP contribution in [0.2, 0.25) is 5.02 Å². The summed E-state index contributed by atoms with van der Waals surface area (Å²) in [4.78, 5) is 18.5. The van der Waals surface area contributed by atoms with E-state index in [9.17, 15) is 4.79 Å². The summed E-state index contributed by atoms with van der Waals surface area (Å²) in [6.07, 6.45) is 8.69. The Bertz CT molecular complexity index is 651. The van der Waals surface area contributed by atoms with Gasteiger partial charge in [0.2, 0.25) is 0 Å². The molecule has 2 aromatic rings. The van der Waals surface area contributed by atoms with Crippen molar-refractivity contribution < 1.29 is 4.79 Å². The van der Waals surface area contributed by atoms with Gasteiger partial charge in [0.05, 0.1) is 16.9 Å². The smallest absolute Gasteiger partial charge is 0.255 e. The number of aromatic nitrogens is 2. The largest absolute Gasteiger partial charge is 0.338 e. The predicted octanol–water partition coefficient (Wildman–Crippen LogP) is 2.82. The van der Waals surface area contributed by atoms with Crippen molar-refractivity contribution in [3.8, 4) is 0 Å². The van der Waals surface area contributed by atoms with E-state index in [2.05, 4.69) is 14.9 Å². The zero-order valence-electron chi connectivity index (χ0n) is 13.7. The first-order chi connectivity index (χ1) is 11.7. The number of imidazole rings is 1. The molecule has 1 amide bonds. The fourth-order valence-corrected chi connectivity index (χ4v) is 3.30. The Morgan fingerprint density at radius 1 is 1.29 bits per heavy atom. The highest BCUT2D eigenvalue weighted by atomic mass is 35.5. The van der Waals surface area contributed by atoms with E-state index in [4.69, 9.17) is 11.6 Å². The number of halogens is 1. The van der Waals surface area contributed by atoms with Crippen LogP contribution in [0.15, 0.2) is 43.0 Å². The standard InChI is InChI=1S/C18H23ClN4O/c19-17-5-2-1-4-16(17)18(24)23-11-6-15(7-12-23)21-8-3-10-22-13-9-20-14-22/h1-2,4-5,9,13-15,21H,3,6-8,10-12H2. The molecule has 0 spiro atoms. The van der Waals surface area contributed by atoms with Gasteiger partial charge in [0.25, 0.3) is 5.91 Å². The van der Waals surface area contributed by atoms with Gasteiger partial charge < -0.3 is 14.8 Å². The first kappa shape index (κ1) is 17.0. The molecule has 24 heavy (non-hydrogen) atoms. The van der Waals surface area contributed by atoms with Gasteiger partial charge in [0.1, 0.15) is 0 Å². The van der Waals surface area contributed by atoms with Gasteiger partial charge in [-0.3, -0.25) is 4.79 Å². The lowest BCUT2D eigenvalue weighted by atomic mass is 10.0. The van der Waals surface area contributed by atoms with Crippen LogP contribution in [0.25, 0.3) is 0 Å². The van der Waals surface area contributed by atoms with E-state index >= 15 is 0 Å². The number of carbonyl (C=O) groups excluding carboxylic acids is 1. The summed E-state index contributed by atoms with van der Waals surface area (Å²) >= 11 is 6.13. The summed E-state index contributed by atoms with van der Waals surface area (Å²) in [5.74, 6) is 0.0409. The number of piperidine rings is 1. The van der Waals surface area contributed by atoms with E-state index in [1.165, 1.54) is 0 Å². The van der Waals surface area contributed by atoms with Gasteiger partial charge >= 0.3 is 0 Å². The number of rotatable bonds is 6. The van der Waals surface area contributed by atoms with Gasteiger partial charge in [0, 0.05) is 38.1 Å². The molecule has 1 fully saturated rings. The zero-order valence-corrected chi connectivity index (χ0v) is 14.5. The molecule has 3 rings (SSSR count). The maximum atomic E-state index is 12.5. The number of likely N-dealkylation sites (tertiary alicyclic amines) is 1. The molecule has 0 atom stereocenters. The van der Waals surface area contributed by atoms with E-state index in [1.807, 2.05) is 29.6 Å². The highest BCUT2D eigenvalue weighted by molar-refractivity contribution is 6.33. The van der Waals surface area contributed by atoms with E-state index < -0.39 is 0 Å². The molecule has 2 heterocycles. The average molecular weight is 347 g/mol. The van der Waals surface area contributed by atoms with Gasteiger partial charge in [-0.25, -0.2) is 4.98 Å². The fourth-order valence-electron chi connectivity index (χ4n) is 3.08. The second kappa shape index (κ2) is 8.31. The molecule has 1 aromatic carbocycles. The Labute approximate surface area is 147 Å². The average Bonchev–Trinajstić information content (AvgIpc) is 3.13. The van der Waals surface area contributed by atoms with Gasteiger partial charge in [0.15, 0.2) is 0 Å². The van der Waals surface area contributed by atoms with Crippen LogP contribution in [-0.2, 0) is 6.54 Å². The van der Waals surface area contributed by atoms with Crippen LogP contribution in [0, 0.1) is 0 Å². The van der Waals surface area contributed by atoms with Crippen molar-refractivity contribution in [3.63, 3.8) is 0 Å². The maximum Gasteiger partial charge on any atom is 0.255 e. The van der Waals surface area contributed by atoms with E-state index in [0.717, 1.165) is 45.4 Å². The van der Waals surface area contributed by atoms with Crippen molar-refractivity contribution in [1.82, 2.24) is 19.8 Å². The Balaban J connectivity index is 1.39. The van der Waals surface area contributed by atoms with Gasteiger partial charge in [-0.1, -0.05) is 23.7 Å². The van der Waals surface area contributed by atoms with Crippen LogP contribution in [0.3, 0.4) is 0 Å². The summed E-state index contributed by atoms with van der Waals surface area (Å²) in [5, 5.41) is 4.13. The van der Waals surface area contributed by atoms with Crippen LogP contribution in [0.1, 0.15) is 29.6 Å². The lowest BCUT2D eigenvalue weighted by molar-refractivity contribution is 0.0705. The molecule has 0 radical (unpaired) electrons. The number of amides is 1. The Morgan fingerprint density at radius 2 is 2.08 bits per heavy atom. The SMILES string of the molecule is O=C(c1ccccc1Cl)N1CCC(NCCCn2ccnc2)CC1. The van der Waals surface area contributed by atoms with Crippen molar-refractivity contribution in [2.45, 2.75) is 31.8 Å². The van der Waals surface area contributed by atoms with Crippen molar-refractivity contribution in [3.05, 3.63) is 53.6 Å². The quantitative estimate of drug-likeness (QED) is 0.818. The van der Waals surface area contributed by atoms with Crippen LogP contribution in [0.5, 0.6) is 0 Å².